The van der Waals surface area contributed by atoms with Crippen LogP contribution in [0.25, 0.3) is 0 Å². The summed E-state index contributed by atoms with van der Waals surface area (Å²) in [6.07, 6.45) is 1.13. The summed E-state index contributed by atoms with van der Waals surface area (Å²) < 4.78 is 17.5. The van der Waals surface area contributed by atoms with Gasteiger partial charge < -0.3 is 24.6 Å². The molecule has 0 spiro atoms. The molecule has 8 nitrogen and oxygen atoms in total. The van der Waals surface area contributed by atoms with E-state index in [9.17, 15) is 14.7 Å². The number of nitrogens with zero attached hydrogens (tertiary/aromatic N) is 1. The van der Waals surface area contributed by atoms with Crippen LogP contribution >= 0.6 is 0 Å². The molecule has 1 aliphatic rings. The Hall–Kier alpha value is -4.66. The van der Waals surface area contributed by atoms with Gasteiger partial charge in [0, 0.05) is 13.1 Å². The highest BCUT2D eigenvalue weighted by Crippen LogP contribution is 2.34. The lowest BCUT2D eigenvalue weighted by Gasteiger charge is -2.33. The van der Waals surface area contributed by atoms with Crippen LogP contribution in [0, 0.1) is 12.8 Å². The highest BCUT2D eigenvalue weighted by Gasteiger charge is 2.42. The zero-order valence-electron chi connectivity index (χ0n) is 29.9. The molecule has 0 saturated carbocycles. The summed E-state index contributed by atoms with van der Waals surface area (Å²) in [4.78, 5) is 28.2. The minimum Gasteiger partial charge on any atom is -0.486 e. The molecule has 0 aromatic heterocycles. The number of nitrogens with one attached hydrogen (secondary N) is 1. The van der Waals surface area contributed by atoms with Gasteiger partial charge in [-0.05, 0) is 112 Å². The van der Waals surface area contributed by atoms with E-state index in [-0.39, 0.29) is 18.6 Å². The Kier molecular flexibility index (Phi) is 12.0. The summed E-state index contributed by atoms with van der Waals surface area (Å²) in [5, 5.41) is 14.8. The maximum absolute atomic E-state index is 13.7. The van der Waals surface area contributed by atoms with Gasteiger partial charge in [-0.1, -0.05) is 91.0 Å². The number of aliphatic hydroxyl groups is 1. The third kappa shape index (κ3) is 9.73. The van der Waals surface area contributed by atoms with Gasteiger partial charge >= 0.3 is 12.1 Å². The Bertz CT molecular complexity index is 1700. The maximum Gasteiger partial charge on any atom is 0.407 e. The molecule has 4 aromatic carbocycles. The van der Waals surface area contributed by atoms with Crippen LogP contribution < -0.4 is 10.1 Å². The largest absolute Gasteiger partial charge is 0.486 e. The van der Waals surface area contributed by atoms with Gasteiger partial charge in [0.2, 0.25) is 5.60 Å². The molecule has 1 aliphatic heterocycles. The van der Waals surface area contributed by atoms with E-state index >= 15 is 0 Å². The molecular weight excluding hydrogens is 628 g/mol. The van der Waals surface area contributed by atoms with E-state index in [1.807, 2.05) is 65.0 Å². The van der Waals surface area contributed by atoms with Crippen LogP contribution in [0.3, 0.4) is 0 Å². The van der Waals surface area contributed by atoms with Gasteiger partial charge in [0.1, 0.15) is 17.5 Å². The molecule has 8 heteroatoms. The van der Waals surface area contributed by atoms with Crippen LogP contribution in [0.1, 0.15) is 80.0 Å². The number of likely N-dealkylation sites (tertiary alicyclic amines) is 1. The second-order valence-electron chi connectivity index (χ2n) is 14.2. The standard InChI is InChI=1S/C42H50N2O6/c1-30-26-34(27-43-40(46)50-41(3,4)5)16-21-38(30)31(2)49-37-19-17-36(18-20-37)42(47,35-14-10-7-11-15-35)39(45)48-29-33-22-24-44(25-23-33)28-32-12-8-6-9-13-32/h6-21,26,31,33,47H,22-25,27-29H2,1-5H3,(H,43,46)/t31-,42?/m0/s1. The van der Waals surface area contributed by atoms with Gasteiger partial charge in [0.25, 0.3) is 0 Å². The molecule has 1 heterocycles. The molecule has 0 bridgehead atoms. The van der Waals surface area contributed by atoms with Crippen LogP contribution in [0.4, 0.5) is 4.79 Å². The summed E-state index contributed by atoms with van der Waals surface area (Å²) in [7, 11) is 0. The molecule has 1 unspecified atom stereocenters. The quantitative estimate of drug-likeness (QED) is 0.147. The van der Waals surface area contributed by atoms with Crippen LogP contribution in [-0.4, -0.2) is 47.4 Å². The van der Waals surface area contributed by atoms with E-state index in [0.29, 0.717) is 23.4 Å². The van der Waals surface area contributed by atoms with Crippen molar-refractivity contribution in [1.82, 2.24) is 10.2 Å². The van der Waals surface area contributed by atoms with Crippen LogP contribution in [0.15, 0.2) is 103 Å². The van der Waals surface area contributed by atoms with Crippen molar-refractivity contribution in [2.45, 2.75) is 77.9 Å². The summed E-state index contributed by atoms with van der Waals surface area (Å²) in [6.45, 7) is 12.9. The van der Waals surface area contributed by atoms with Gasteiger partial charge in [-0.2, -0.15) is 0 Å². The average molecular weight is 679 g/mol. The third-order valence-electron chi connectivity index (χ3n) is 9.09. The third-order valence-corrected chi connectivity index (χ3v) is 9.09. The summed E-state index contributed by atoms with van der Waals surface area (Å²) in [6, 6.07) is 32.3. The van der Waals surface area contributed by atoms with E-state index in [2.05, 4.69) is 34.5 Å². The van der Waals surface area contributed by atoms with Crippen molar-refractivity contribution >= 4 is 12.1 Å². The first-order valence-electron chi connectivity index (χ1n) is 17.5. The fraction of sp³-hybridized carbons (Fsp3) is 0.381. The Morgan fingerprint density at radius 3 is 2.10 bits per heavy atom. The first kappa shape index (κ1) is 36.6. The minimum atomic E-state index is -1.97. The van der Waals surface area contributed by atoms with Gasteiger partial charge in [0.15, 0.2) is 0 Å². The molecule has 5 rings (SSSR count). The maximum atomic E-state index is 13.7. The van der Waals surface area contributed by atoms with Crippen molar-refractivity contribution in [2.75, 3.05) is 19.7 Å². The van der Waals surface area contributed by atoms with Crippen LogP contribution in [0.2, 0.25) is 0 Å². The van der Waals surface area contributed by atoms with E-state index in [1.165, 1.54) is 5.56 Å². The molecule has 4 aromatic rings. The number of hydrogen-bond donors (Lipinski definition) is 2. The highest BCUT2D eigenvalue weighted by atomic mass is 16.6. The lowest BCUT2D eigenvalue weighted by Crippen LogP contribution is -2.40. The second-order valence-corrected chi connectivity index (χ2v) is 14.2. The number of benzene rings is 4. The van der Waals surface area contributed by atoms with E-state index < -0.39 is 23.3 Å². The van der Waals surface area contributed by atoms with Gasteiger partial charge in [-0.3, -0.25) is 4.90 Å². The second kappa shape index (κ2) is 16.4. The first-order valence-corrected chi connectivity index (χ1v) is 17.5. The van der Waals surface area contributed by atoms with E-state index in [1.54, 1.807) is 48.5 Å². The van der Waals surface area contributed by atoms with Crippen molar-refractivity contribution in [1.29, 1.82) is 0 Å². The van der Waals surface area contributed by atoms with Gasteiger partial charge in [-0.25, -0.2) is 9.59 Å². The van der Waals surface area contributed by atoms with Crippen molar-refractivity contribution < 1.29 is 28.9 Å². The van der Waals surface area contributed by atoms with Crippen LogP contribution in [0.5, 0.6) is 5.75 Å². The normalized spacial score (nSPS) is 15.8. The number of alkyl carbamates (subject to hydrolysis) is 1. The molecule has 1 amide bonds. The van der Waals surface area contributed by atoms with Gasteiger partial charge in [0.05, 0.1) is 6.61 Å². The predicted octanol–water partition coefficient (Wildman–Crippen LogP) is 7.85. The number of hydrogen-bond acceptors (Lipinski definition) is 7. The number of aryl methyl sites for hydroxylation is 1. The van der Waals surface area contributed by atoms with Gasteiger partial charge in [-0.15, -0.1) is 0 Å². The number of rotatable bonds is 12. The number of piperidine rings is 1. The predicted molar refractivity (Wildman–Crippen MR) is 195 cm³/mol. The molecule has 1 saturated heterocycles. The zero-order chi connectivity index (χ0) is 35.7. The molecule has 0 aliphatic carbocycles. The summed E-state index contributed by atoms with van der Waals surface area (Å²) >= 11 is 0. The zero-order valence-corrected chi connectivity index (χ0v) is 29.9. The Morgan fingerprint density at radius 2 is 1.48 bits per heavy atom. The SMILES string of the molecule is Cc1cc(CNC(=O)OC(C)(C)C)ccc1[C@H](C)Oc1ccc(C(O)(C(=O)OCC2CCN(Cc3ccccc3)CC2)c2ccccc2)cc1. The van der Waals surface area contributed by atoms with Crippen molar-refractivity contribution in [3.05, 3.63) is 137 Å². The van der Waals surface area contributed by atoms with Crippen molar-refractivity contribution in [2.24, 2.45) is 5.92 Å². The lowest BCUT2D eigenvalue weighted by molar-refractivity contribution is -0.164. The first-order chi connectivity index (χ1) is 23.9. The number of carbonyl (C=O) groups is 2. The molecule has 2 atom stereocenters. The Morgan fingerprint density at radius 1 is 0.860 bits per heavy atom. The summed E-state index contributed by atoms with van der Waals surface area (Å²) in [5.41, 5.74) is 2.61. The monoisotopic (exact) mass is 678 g/mol. The smallest absolute Gasteiger partial charge is 0.407 e. The lowest BCUT2D eigenvalue weighted by atomic mass is 9.86. The van der Waals surface area contributed by atoms with E-state index in [0.717, 1.165) is 49.2 Å². The number of carbonyl (C=O) groups excluding carboxylic acids is 2. The molecule has 2 N–H and O–H groups in total. The molecule has 50 heavy (non-hydrogen) atoms. The number of ether oxygens (including phenoxy) is 3. The fourth-order valence-corrected chi connectivity index (χ4v) is 6.37. The van der Waals surface area contributed by atoms with Crippen LogP contribution in [-0.2, 0) is 33.0 Å². The molecule has 1 fully saturated rings. The molecular formula is C42H50N2O6. The van der Waals surface area contributed by atoms with Crippen molar-refractivity contribution in [3.63, 3.8) is 0 Å². The van der Waals surface area contributed by atoms with E-state index in [4.69, 9.17) is 14.2 Å². The summed E-state index contributed by atoms with van der Waals surface area (Å²) in [5.74, 6) is 0.152. The minimum absolute atomic E-state index is 0.238. The average Bonchev–Trinajstić information content (AvgIpc) is 3.10. The van der Waals surface area contributed by atoms with Crippen molar-refractivity contribution in [3.8, 4) is 5.75 Å². The topological polar surface area (TPSA) is 97.3 Å². The molecule has 264 valence electrons. The fourth-order valence-electron chi connectivity index (χ4n) is 6.37. The number of esters is 1. The Balaban J connectivity index is 1.20. The number of amides is 1. The molecule has 0 radical (unpaired) electrons. The highest BCUT2D eigenvalue weighted by molar-refractivity contribution is 5.85. The Labute approximate surface area is 296 Å².